The number of hydrogen-bond acceptors (Lipinski definition) is 4. The normalized spacial score (nSPS) is 11.0. The molecule has 3 rings (SSSR count). The summed E-state index contributed by atoms with van der Waals surface area (Å²) in [4.78, 5) is 7.97. The molecular weight excluding hydrogens is 412 g/mol. The van der Waals surface area contributed by atoms with Gasteiger partial charge < -0.3 is 10.1 Å². The maximum Gasteiger partial charge on any atom is 0.173 e. The van der Waals surface area contributed by atoms with Gasteiger partial charge in [0.25, 0.3) is 0 Å². The highest BCUT2D eigenvalue weighted by molar-refractivity contribution is 6.43. The number of nitrogens with zero attached hydrogens (tertiary/aromatic N) is 2. The molecule has 0 saturated carbocycles. The van der Waals surface area contributed by atoms with E-state index >= 15 is 0 Å². The molecule has 3 aromatic rings. The monoisotopic (exact) mass is 423 g/mol. The van der Waals surface area contributed by atoms with Crippen LogP contribution >= 0.6 is 34.8 Å². The predicted octanol–water partition coefficient (Wildman–Crippen LogP) is 6.60. The van der Waals surface area contributed by atoms with Crippen molar-refractivity contribution < 1.29 is 9.13 Å². The predicted molar refractivity (Wildman–Crippen MR) is 108 cm³/mol. The van der Waals surface area contributed by atoms with E-state index in [1.807, 2.05) is 0 Å². The molecule has 0 fully saturated rings. The molecule has 0 aliphatic heterocycles. The van der Waals surface area contributed by atoms with Crippen LogP contribution in [0.5, 0.6) is 0 Å². The lowest BCUT2D eigenvalue weighted by atomic mass is 10.1. The number of methoxy groups -OCH3 is 1. The zero-order valence-electron chi connectivity index (χ0n) is 14.0. The van der Waals surface area contributed by atoms with E-state index in [0.717, 1.165) is 0 Å². The van der Waals surface area contributed by atoms with Crippen LogP contribution in [-0.4, -0.2) is 17.1 Å². The summed E-state index contributed by atoms with van der Waals surface area (Å²) in [6, 6.07) is 8.50. The second-order valence-corrected chi connectivity index (χ2v) is 6.47. The van der Waals surface area contributed by atoms with Crippen LogP contribution < -0.4 is 5.32 Å². The molecule has 0 atom stereocenters. The van der Waals surface area contributed by atoms with Crippen LogP contribution in [0.25, 0.3) is 17.2 Å². The molecule has 0 amide bonds. The van der Waals surface area contributed by atoms with Crippen molar-refractivity contribution in [3.63, 3.8) is 0 Å². The van der Waals surface area contributed by atoms with Crippen molar-refractivity contribution in [3.8, 4) is 11.1 Å². The van der Waals surface area contributed by atoms with Gasteiger partial charge >= 0.3 is 0 Å². The average Bonchev–Trinajstić information content (AvgIpc) is 2.66. The average molecular weight is 425 g/mol. The number of halogens is 4. The Morgan fingerprint density at radius 1 is 1.00 bits per heavy atom. The number of rotatable bonds is 5. The molecule has 0 spiro atoms. The molecule has 27 heavy (non-hydrogen) atoms. The summed E-state index contributed by atoms with van der Waals surface area (Å²) in [5.74, 6) is -0.497. The Morgan fingerprint density at radius 2 is 1.74 bits per heavy atom. The molecular formula is C19H13Cl3FN3O. The first-order valence-corrected chi connectivity index (χ1v) is 8.86. The van der Waals surface area contributed by atoms with Gasteiger partial charge in [-0.1, -0.05) is 46.9 Å². The number of ether oxygens (including phenoxy) is 1. The summed E-state index contributed by atoms with van der Waals surface area (Å²) < 4.78 is 19.5. The van der Waals surface area contributed by atoms with Crippen LogP contribution in [0.4, 0.5) is 15.9 Å². The summed E-state index contributed by atoms with van der Waals surface area (Å²) in [6.45, 7) is 0. The first-order chi connectivity index (χ1) is 13.0. The van der Waals surface area contributed by atoms with Crippen molar-refractivity contribution in [1.29, 1.82) is 0 Å². The fourth-order valence-corrected chi connectivity index (χ4v) is 3.05. The summed E-state index contributed by atoms with van der Waals surface area (Å²) in [5.41, 5.74) is 2.05. The third-order valence-electron chi connectivity index (χ3n) is 3.69. The highest BCUT2D eigenvalue weighted by Gasteiger charge is 2.15. The Balaban J connectivity index is 2.01. The molecule has 2 heterocycles. The number of nitrogens with one attached hydrogen (secondary N) is 1. The minimum atomic E-state index is -0.530. The number of anilines is 2. The van der Waals surface area contributed by atoms with Gasteiger partial charge in [-0.25, -0.2) is 14.4 Å². The van der Waals surface area contributed by atoms with E-state index < -0.39 is 5.82 Å². The summed E-state index contributed by atoms with van der Waals surface area (Å²) in [7, 11) is 1.48. The molecule has 0 unspecified atom stereocenters. The first-order valence-electron chi connectivity index (χ1n) is 7.72. The molecule has 1 N–H and O–H groups in total. The van der Waals surface area contributed by atoms with Crippen LogP contribution in [-0.2, 0) is 4.74 Å². The van der Waals surface area contributed by atoms with Gasteiger partial charge in [0.1, 0.15) is 5.15 Å². The van der Waals surface area contributed by atoms with E-state index in [-0.39, 0.29) is 16.0 Å². The van der Waals surface area contributed by atoms with Crippen LogP contribution in [0.2, 0.25) is 15.2 Å². The van der Waals surface area contributed by atoms with Crippen molar-refractivity contribution in [2.24, 2.45) is 0 Å². The Morgan fingerprint density at radius 3 is 2.52 bits per heavy atom. The first kappa shape index (κ1) is 19.4. The number of aromatic nitrogens is 2. The van der Waals surface area contributed by atoms with Gasteiger partial charge in [-0.2, -0.15) is 0 Å². The van der Waals surface area contributed by atoms with Gasteiger partial charge in [0.2, 0.25) is 0 Å². The van der Waals surface area contributed by atoms with E-state index in [0.29, 0.717) is 27.4 Å². The van der Waals surface area contributed by atoms with Crippen LogP contribution in [0.1, 0.15) is 5.56 Å². The van der Waals surface area contributed by atoms with Crippen molar-refractivity contribution in [3.05, 3.63) is 75.6 Å². The second-order valence-electron chi connectivity index (χ2n) is 5.36. The van der Waals surface area contributed by atoms with Crippen LogP contribution in [0.15, 0.2) is 49.0 Å². The second kappa shape index (κ2) is 8.57. The van der Waals surface area contributed by atoms with E-state index in [4.69, 9.17) is 39.5 Å². The maximum absolute atomic E-state index is 14.6. The van der Waals surface area contributed by atoms with Crippen molar-refractivity contribution >= 4 is 52.4 Å². The lowest BCUT2D eigenvalue weighted by molar-refractivity contribution is 0.341. The van der Waals surface area contributed by atoms with Crippen molar-refractivity contribution in [1.82, 2.24) is 9.97 Å². The SMILES string of the molecule is CO/C=C/c1ccnc(Nc2cccc(-c3ccnc(Cl)c3Cl)c2Cl)c1F. The quantitative estimate of drug-likeness (QED) is 0.370. The largest absolute Gasteiger partial charge is 0.504 e. The minimum absolute atomic E-state index is 0.0335. The van der Waals surface area contributed by atoms with E-state index in [9.17, 15) is 4.39 Å². The lowest BCUT2D eigenvalue weighted by Crippen LogP contribution is -2.00. The molecule has 0 radical (unpaired) electrons. The topological polar surface area (TPSA) is 47.0 Å². The molecule has 0 aliphatic rings. The Bertz CT molecular complexity index is 1010. The Labute approximate surface area is 170 Å². The van der Waals surface area contributed by atoms with Crippen LogP contribution in [0.3, 0.4) is 0 Å². The minimum Gasteiger partial charge on any atom is -0.504 e. The highest BCUT2D eigenvalue weighted by atomic mass is 35.5. The molecule has 0 aliphatic carbocycles. The van der Waals surface area contributed by atoms with Gasteiger partial charge in [-0.05, 0) is 24.3 Å². The van der Waals surface area contributed by atoms with Gasteiger partial charge in [0, 0.05) is 29.1 Å². The molecule has 1 aromatic carbocycles. The van der Waals surface area contributed by atoms with E-state index in [1.165, 1.54) is 37.9 Å². The maximum atomic E-state index is 14.6. The Hall–Kier alpha value is -2.34. The molecule has 4 nitrogen and oxygen atoms in total. The fourth-order valence-electron chi connectivity index (χ4n) is 2.41. The number of hydrogen-bond donors (Lipinski definition) is 1. The van der Waals surface area contributed by atoms with Gasteiger partial charge in [0.05, 0.1) is 29.1 Å². The third-order valence-corrected chi connectivity index (χ3v) is 4.86. The van der Waals surface area contributed by atoms with Gasteiger partial charge in [0.15, 0.2) is 11.6 Å². The zero-order chi connectivity index (χ0) is 19.4. The molecule has 0 bridgehead atoms. The Kier molecular flexibility index (Phi) is 6.16. The molecule has 2 aromatic heterocycles. The molecule has 8 heteroatoms. The standard InChI is InChI=1S/C19H13Cl3FN3O/c1-27-10-7-11-5-8-25-19(17(11)23)26-14-4-2-3-12(15(14)20)13-6-9-24-18(22)16(13)21/h2-10H,1H3,(H,25,26)/b10-7+. The highest BCUT2D eigenvalue weighted by Crippen LogP contribution is 2.39. The molecule has 0 saturated heterocycles. The van der Waals surface area contributed by atoms with Gasteiger partial charge in [-0.15, -0.1) is 0 Å². The van der Waals surface area contributed by atoms with E-state index in [2.05, 4.69) is 15.3 Å². The third kappa shape index (κ3) is 4.16. The van der Waals surface area contributed by atoms with E-state index in [1.54, 1.807) is 24.3 Å². The van der Waals surface area contributed by atoms with Crippen molar-refractivity contribution in [2.45, 2.75) is 0 Å². The summed E-state index contributed by atoms with van der Waals surface area (Å²) in [6.07, 6.45) is 5.90. The van der Waals surface area contributed by atoms with Crippen molar-refractivity contribution in [2.75, 3.05) is 12.4 Å². The summed E-state index contributed by atoms with van der Waals surface area (Å²) in [5, 5.41) is 3.73. The lowest BCUT2D eigenvalue weighted by Gasteiger charge is -2.13. The number of benzene rings is 1. The van der Waals surface area contributed by atoms with Crippen LogP contribution in [0, 0.1) is 5.82 Å². The number of pyridine rings is 2. The molecule has 138 valence electrons. The fraction of sp³-hybridized carbons (Fsp3) is 0.0526. The summed E-state index contributed by atoms with van der Waals surface area (Å²) >= 11 is 18.8. The zero-order valence-corrected chi connectivity index (χ0v) is 16.3. The van der Waals surface area contributed by atoms with Gasteiger partial charge in [-0.3, -0.25) is 0 Å². The smallest absolute Gasteiger partial charge is 0.173 e.